The molecule has 0 aliphatic heterocycles. The number of benzene rings is 1. The molecule has 0 spiro atoms. The Hall–Kier alpha value is -2.08. The number of carbonyl (C=O) groups excluding carboxylic acids is 2. The molecule has 7 heteroatoms. The van der Waals surface area contributed by atoms with Crippen LogP contribution in [-0.4, -0.2) is 40.4 Å². The number of hydrogen-bond acceptors (Lipinski definition) is 3. The van der Waals surface area contributed by atoms with Gasteiger partial charge in [-0.15, -0.1) is 0 Å². The number of carboxylic acids is 1. The van der Waals surface area contributed by atoms with Crippen LogP contribution in [0.4, 0.5) is 5.69 Å². The van der Waals surface area contributed by atoms with Crippen LogP contribution in [0.15, 0.2) is 18.2 Å². The van der Waals surface area contributed by atoms with Crippen LogP contribution in [-0.2, 0) is 9.59 Å². The first-order valence-corrected chi connectivity index (χ1v) is 8.57. The van der Waals surface area contributed by atoms with Crippen molar-refractivity contribution < 1.29 is 19.5 Å². The van der Waals surface area contributed by atoms with Crippen molar-refractivity contribution >= 4 is 35.1 Å². The molecule has 1 aromatic carbocycles. The van der Waals surface area contributed by atoms with E-state index in [1.165, 1.54) is 17.0 Å². The molecule has 1 aliphatic rings. The lowest BCUT2D eigenvalue weighted by Gasteiger charge is -2.21. The average molecular weight is 367 g/mol. The van der Waals surface area contributed by atoms with Gasteiger partial charge in [0.2, 0.25) is 5.91 Å². The fourth-order valence-electron chi connectivity index (χ4n) is 2.51. The summed E-state index contributed by atoms with van der Waals surface area (Å²) in [5, 5.41) is 12.0. The number of carboxylic acid groups (broad SMARTS) is 1. The minimum Gasteiger partial charge on any atom is -0.480 e. The topological polar surface area (TPSA) is 86.7 Å². The Morgan fingerprint density at radius 3 is 2.44 bits per heavy atom. The molecule has 1 fully saturated rings. The van der Waals surface area contributed by atoms with Gasteiger partial charge < -0.3 is 15.3 Å². The maximum absolute atomic E-state index is 12.7. The van der Waals surface area contributed by atoms with E-state index in [2.05, 4.69) is 5.32 Å². The highest BCUT2D eigenvalue weighted by molar-refractivity contribution is 6.34. The minimum absolute atomic E-state index is 0.0567. The smallest absolute Gasteiger partial charge is 0.323 e. The van der Waals surface area contributed by atoms with Crippen molar-refractivity contribution in [3.05, 3.63) is 28.8 Å². The Bertz CT molecular complexity index is 693. The normalized spacial score (nSPS) is 14.1. The second-order valence-corrected chi connectivity index (χ2v) is 7.95. The third-order valence-corrected chi connectivity index (χ3v) is 4.06. The van der Waals surface area contributed by atoms with E-state index in [0.29, 0.717) is 12.1 Å². The molecular formula is C18H23ClN2O4. The highest BCUT2D eigenvalue weighted by Crippen LogP contribution is 2.30. The molecule has 6 nitrogen and oxygen atoms in total. The van der Waals surface area contributed by atoms with E-state index in [0.717, 1.165) is 12.8 Å². The summed E-state index contributed by atoms with van der Waals surface area (Å²) in [6, 6.07) is 4.60. The van der Waals surface area contributed by atoms with Gasteiger partial charge in [-0.05, 0) is 36.5 Å². The molecule has 0 atom stereocenters. The SMILES string of the molecule is CC(C)(C)CC(=O)Nc1ccc(Cl)c(C(=O)N(CC(=O)O)C2CC2)c1. The van der Waals surface area contributed by atoms with Crippen LogP contribution in [0.5, 0.6) is 0 Å². The summed E-state index contributed by atoms with van der Waals surface area (Å²) in [4.78, 5) is 37.1. The zero-order valence-corrected chi connectivity index (χ0v) is 15.4. The van der Waals surface area contributed by atoms with Gasteiger partial charge in [-0.2, -0.15) is 0 Å². The van der Waals surface area contributed by atoms with Crippen molar-refractivity contribution in [1.29, 1.82) is 0 Å². The number of rotatable bonds is 6. The van der Waals surface area contributed by atoms with Crippen LogP contribution in [0.25, 0.3) is 0 Å². The van der Waals surface area contributed by atoms with E-state index in [4.69, 9.17) is 16.7 Å². The molecule has 0 aromatic heterocycles. The lowest BCUT2D eigenvalue weighted by atomic mass is 9.92. The van der Waals surface area contributed by atoms with Crippen LogP contribution in [0.3, 0.4) is 0 Å². The molecule has 0 bridgehead atoms. The molecule has 0 radical (unpaired) electrons. The summed E-state index contributed by atoms with van der Waals surface area (Å²) in [5.74, 6) is -1.65. The van der Waals surface area contributed by atoms with E-state index < -0.39 is 11.9 Å². The average Bonchev–Trinajstić information content (AvgIpc) is 3.28. The number of hydrogen-bond donors (Lipinski definition) is 2. The first-order valence-electron chi connectivity index (χ1n) is 8.19. The maximum atomic E-state index is 12.7. The number of anilines is 1. The van der Waals surface area contributed by atoms with E-state index in [-0.39, 0.29) is 34.5 Å². The summed E-state index contributed by atoms with van der Waals surface area (Å²) in [7, 11) is 0. The van der Waals surface area contributed by atoms with Gasteiger partial charge in [-0.25, -0.2) is 0 Å². The summed E-state index contributed by atoms with van der Waals surface area (Å²) >= 11 is 6.13. The maximum Gasteiger partial charge on any atom is 0.323 e. The van der Waals surface area contributed by atoms with Gasteiger partial charge in [0.25, 0.3) is 5.91 Å². The van der Waals surface area contributed by atoms with E-state index in [1.807, 2.05) is 20.8 Å². The van der Waals surface area contributed by atoms with Gasteiger partial charge in [0.1, 0.15) is 6.54 Å². The molecule has 1 aliphatic carbocycles. The lowest BCUT2D eigenvalue weighted by Crippen LogP contribution is -2.37. The Balaban J connectivity index is 2.18. The second kappa shape index (κ2) is 7.44. The van der Waals surface area contributed by atoms with Crippen LogP contribution < -0.4 is 5.32 Å². The van der Waals surface area contributed by atoms with Gasteiger partial charge in [-0.3, -0.25) is 14.4 Å². The first-order chi connectivity index (χ1) is 11.6. The molecule has 1 aromatic rings. The summed E-state index contributed by atoms with van der Waals surface area (Å²) in [6.45, 7) is 5.52. The predicted octanol–water partition coefficient (Wildman–Crippen LogP) is 3.40. The molecule has 2 rings (SSSR count). The molecule has 0 heterocycles. The van der Waals surface area contributed by atoms with Crippen LogP contribution in [0, 0.1) is 5.41 Å². The molecule has 25 heavy (non-hydrogen) atoms. The van der Waals surface area contributed by atoms with Gasteiger partial charge >= 0.3 is 5.97 Å². The van der Waals surface area contributed by atoms with Crippen molar-refractivity contribution in [2.75, 3.05) is 11.9 Å². The Labute approximate surface area is 152 Å². The van der Waals surface area contributed by atoms with Crippen molar-refractivity contribution in [2.24, 2.45) is 5.41 Å². The zero-order valence-electron chi connectivity index (χ0n) is 14.6. The first kappa shape index (κ1) is 19.2. The van der Waals surface area contributed by atoms with Crippen LogP contribution in [0.1, 0.15) is 50.4 Å². The van der Waals surface area contributed by atoms with Crippen molar-refractivity contribution in [1.82, 2.24) is 4.90 Å². The number of nitrogens with zero attached hydrogens (tertiary/aromatic N) is 1. The highest BCUT2D eigenvalue weighted by atomic mass is 35.5. The molecule has 1 saturated carbocycles. The molecule has 0 unspecified atom stereocenters. The summed E-state index contributed by atoms with van der Waals surface area (Å²) in [5.41, 5.74) is 0.510. The monoisotopic (exact) mass is 366 g/mol. The summed E-state index contributed by atoms with van der Waals surface area (Å²) < 4.78 is 0. The second-order valence-electron chi connectivity index (χ2n) is 7.54. The third kappa shape index (κ3) is 5.74. The fraction of sp³-hybridized carbons (Fsp3) is 0.500. The molecule has 2 amide bonds. The summed E-state index contributed by atoms with van der Waals surface area (Å²) in [6.07, 6.45) is 1.92. The third-order valence-electron chi connectivity index (χ3n) is 3.73. The number of nitrogens with one attached hydrogen (secondary N) is 1. The standard InChI is InChI=1S/C18H23ClN2O4/c1-18(2,3)9-15(22)20-11-4-7-14(19)13(8-11)17(25)21(10-16(23)24)12-5-6-12/h4,7-8,12H,5-6,9-10H2,1-3H3,(H,20,22)(H,23,24). The van der Waals surface area contributed by atoms with Crippen LogP contribution in [0.2, 0.25) is 5.02 Å². The fourth-order valence-corrected chi connectivity index (χ4v) is 2.71. The Morgan fingerprint density at radius 2 is 1.92 bits per heavy atom. The number of amides is 2. The molecule has 0 saturated heterocycles. The molecule has 136 valence electrons. The van der Waals surface area contributed by atoms with Crippen molar-refractivity contribution in [3.63, 3.8) is 0 Å². The van der Waals surface area contributed by atoms with Crippen LogP contribution >= 0.6 is 11.6 Å². The lowest BCUT2D eigenvalue weighted by molar-refractivity contribution is -0.137. The van der Waals surface area contributed by atoms with Gasteiger partial charge in [-0.1, -0.05) is 32.4 Å². The van der Waals surface area contributed by atoms with E-state index in [9.17, 15) is 14.4 Å². The molecule has 2 N–H and O–H groups in total. The van der Waals surface area contributed by atoms with Gasteiger partial charge in [0, 0.05) is 18.2 Å². The minimum atomic E-state index is -1.06. The van der Waals surface area contributed by atoms with E-state index >= 15 is 0 Å². The number of halogens is 1. The van der Waals surface area contributed by atoms with Crippen molar-refractivity contribution in [2.45, 2.75) is 46.1 Å². The number of aliphatic carboxylic acids is 1. The van der Waals surface area contributed by atoms with Gasteiger partial charge in [0.15, 0.2) is 0 Å². The Morgan fingerprint density at radius 1 is 1.28 bits per heavy atom. The van der Waals surface area contributed by atoms with E-state index in [1.54, 1.807) is 6.07 Å². The zero-order chi connectivity index (χ0) is 18.8. The largest absolute Gasteiger partial charge is 0.480 e. The highest BCUT2D eigenvalue weighted by Gasteiger charge is 2.35. The molecular weight excluding hydrogens is 344 g/mol. The quantitative estimate of drug-likeness (QED) is 0.807. The number of carbonyl (C=O) groups is 3. The Kier molecular flexibility index (Phi) is 5.72. The van der Waals surface area contributed by atoms with Crippen molar-refractivity contribution in [3.8, 4) is 0 Å². The predicted molar refractivity (Wildman–Crippen MR) is 95.8 cm³/mol. The van der Waals surface area contributed by atoms with Gasteiger partial charge in [0.05, 0.1) is 10.6 Å².